The fourth-order valence-corrected chi connectivity index (χ4v) is 1.20. The Labute approximate surface area is 107 Å². The zero-order chi connectivity index (χ0) is 14.4. The third-order valence-corrected chi connectivity index (χ3v) is 2.14. The molecule has 5 N–H and O–H groups in total. The summed E-state index contributed by atoms with van der Waals surface area (Å²) < 4.78 is 4.44. The van der Waals surface area contributed by atoms with Gasteiger partial charge >= 0.3 is 17.9 Å². The van der Waals surface area contributed by atoms with E-state index in [1.54, 1.807) is 6.07 Å². The number of esters is 2. The topological polar surface area (TPSA) is 142 Å². The van der Waals surface area contributed by atoms with Gasteiger partial charge in [0.1, 0.15) is 11.6 Å². The van der Waals surface area contributed by atoms with Crippen molar-refractivity contribution < 1.29 is 29.1 Å². The second-order valence-electron chi connectivity index (χ2n) is 3.52. The molecule has 0 aromatic heterocycles. The van der Waals surface area contributed by atoms with Gasteiger partial charge in [0.2, 0.25) is 0 Å². The van der Waals surface area contributed by atoms with Crippen LogP contribution < -0.4 is 16.5 Å². The summed E-state index contributed by atoms with van der Waals surface area (Å²) in [7, 11) is 0. The summed E-state index contributed by atoms with van der Waals surface area (Å²) >= 11 is 0. The molecule has 0 amide bonds. The highest BCUT2D eigenvalue weighted by Gasteiger charge is 2.22. The van der Waals surface area contributed by atoms with Gasteiger partial charge in [0.25, 0.3) is 0 Å². The largest absolute Gasteiger partial charge is 0.480 e. The summed E-state index contributed by atoms with van der Waals surface area (Å²) in [6, 6.07) is 4.41. The molecule has 19 heavy (non-hydrogen) atoms. The van der Waals surface area contributed by atoms with Crippen LogP contribution in [0.5, 0.6) is 5.75 Å². The highest BCUT2D eigenvalue weighted by atomic mass is 16.6. The van der Waals surface area contributed by atoms with E-state index in [0.717, 1.165) is 0 Å². The number of rotatable bonds is 5. The molecule has 1 aromatic carbocycles. The van der Waals surface area contributed by atoms with E-state index >= 15 is 0 Å². The number of aliphatic carboxylic acids is 1. The molecule has 0 aliphatic rings. The van der Waals surface area contributed by atoms with Crippen LogP contribution in [0.3, 0.4) is 0 Å². The van der Waals surface area contributed by atoms with E-state index in [4.69, 9.17) is 16.7 Å². The Morgan fingerprint density at radius 2 is 1.89 bits per heavy atom. The molecule has 0 saturated heterocycles. The van der Waals surface area contributed by atoms with Crippen molar-refractivity contribution in [3.63, 3.8) is 0 Å². The monoisotopic (exact) mass is 268 g/mol. The Hall–Kier alpha value is -2.45. The lowest BCUT2D eigenvalue weighted by Gasteiger charge is -2.08. The summed E-state index contributed by atoms with van der Waals surface area (Å²) in [6.45, 7) is 0. The maximum atomic E-state index is 11.6. The molecule has 1 aromatic rings. The number of para-hydroxylation sites is 1. The van der Waals surface area contributed by atoms with E-state index in [2.05, 4.69) is 9.57 Å². The summed E-state index contributed by atoms with van der Waals surface area (Å²) in [4.78, 5) is 37.8. The minimum atomic E-state index is -1.43. The number of ether oxygens (including phenoxy) is 1. The van der Waals surface area contributed by atoms with Gasteiger partial charge in [-0.1, -0.05) is 12.1 Å². The van der Waals surface area contributed by atoms with Gasteiger partial charge in [-0.15, -0.1) is 0 Å². The van der Waals surface area contributed by atoms with Crippen molar-refractivity contribution in [2.24, 2.45) is 11.6 Å². The summed E-state index contributed by atoms with van der Waals surface area (Å²) in [5.41, 5.74) is 5.08. The molecule has 0 fully saturated rings. The average Bonchev–Trinajstić information content (AvgIpc) is 2.38. The molecule has 1 atom stereocenters. The minimum Gasteiger partial charge on any atom is -0.480 e. The molecular formula is C11H12N2O6. The highest BCUT2D eigenvalue weighted by molar-refractivity contribution is 5.99. The molecule has 8 heteroatoms. The number of carboxylic acid groups (broad SMARTS) is 1. The van der Waals surface area contributed by atoms with Crippen molar-refractivity contribution >= 4 is 17.9 Å². The lowest BCUT2D eigenvalue weighted by Crippen LogP contribution is -2.33. The predicted molar refractivity (Wildman–Crippen MR) is 61.9 cm³/mol. The van der Waals surface area contributed by atoms with Crippen molar-refractivity contribution in [3.8, 4) is 5.75 Å². The van der Waals surface area contributed by atoms with Crippen molar-refractivity contribution in [2.75, 3.05) is 0 Å². The van der Waals surface area contributed by atoms with Gasteiger partial charge in [-0.05, 0) is 12.1 Å². The first-order valence-corrected chi connectivity index (χ1v) is 5.15. The molecule has 0 bridgehead atoms. The third kappa shape index (κ3) is 4.05. The number of carbonyl (C=O) groups excluding carboxylic acids is 2. The van der Waals surface area contributed by atoms with Crippen molar-refractivity contribution in [3.05, 3.63) is 29.8 Å². The van der Waals surface area contributed by atoms with Crippen LogP contribution in [0.2, 0.25) is 0 Å². The molecule has 0 aliphatic carbocycles. The molecule has 102 valence electrons. The second kappa shape index (κ2) is 6.47. The van der Waals surface area contributed by atoms with Crippen LogP contribution in [0.15, 0.2) is 24.3 Å². The van der Waals surface area contributed by atoms with Gasteiger partial charge in [-0.25, -0.2) is 4.79 Å². The molecule has 0 spiro atoms. The zero-order valence-corrected chi connectivity index (χ0v) is 9.74. The van der Waals surface area contributed by atoms with E-state index < -0.39 is 30.4 Å². The van der Waals surface area contributed by atoms with Gasteiger partial charge < -0.3 is 20.4 Å². The average molecular weight is 268 g/mol. The SMILES string of the molecule is NOc1ccccc1C(=O)OC(=O)C[C@H](N)C(=O)O. The normalized spacial score (nSPS) is 11.5. The van der Waals surface area contributed by atoms with Crippen molar-refractivity contribution in [2.45, 2.75) is 12.5 Å². The Morgan fingerprint density at radius 1 is 1.26 bits per heavy atom. The van der Waals surface area contributed by atoms with Crippen LogP contribution in [0.4, 0.5) is 0 Å². The van der Waals surface area contributed by atoms with Crippen LogP contribution in [0, 0.1) is 0 Å². The number of carbonyl (C=O) groups is 3. The van der Waals surface area contributed by atoms with Crippen LogP contribution >= 0.6 is 0 Å². The number of carboxylic acids is 1. The molecule has 0 saturated carbocycles. The molecule has 1 rings (SSSR count). The number of hydrogen-bond donors (Lipinski definition) is 3. The summed E-state index contributed by atoms with van der Waals surface area (Å²) in [5, 5.41) is 8.51. The zero-order valence-electron chi connectivity index (χ0n) is 9.74. The molecule has 8 nitrogen and oxygen atoms in total. The molecule has 0 heterocycles. The van der Waals surface area contributed by atoms with Crippen molar-refractivity contribution in [1.29, 1.82) is 0 Å². The third-order valence-electron chi connectivity index (χ3n) is 2.14. The van der Waals surface area contributed by atoms with E-state index in [0.29, 0.717) is 0 Å². The lowest BCUT2D eigenvalue weighted by molar-refractivity contribution is -0.145. The number of hydrogen-bond acceptors (Lipinski definition) is 7. The van der Waals surface area contributed by atoms with E-state index in [1.165, 1.54) is 18.2 Å². The maximum Gasteiger partial charge on any atom is 0.349 e. The summed E-state index contributed by atoms with van der Waals surface area (Å²) in [6.07, 6.45) is -0.618. The quantitative estimate of drug-likeness (QED) is 0.366. The van der Waals surface area contributed by atoms with Gasteiger partial charge in [0, 0.05) is 0 Å². The van der Waals surface area contributed by atoms with Crippen LogP contribution in [0.1, 0.15) is 16.8 Å². The standard InChI is InChI=1S/C11H12N2O6/c12-7(10(15)16)5-9(14)18-11(17)6-3-1-2-4-8(6)19-13/h1-4,7H,5,12-13H2,(H,15,16)/t7-/m0/s1. The van der Waals surface area contributed by atoms with Crippen LogP contribution in [0.25, 0.3) is 0 Å². The fourth-order valence-electron chi connectivity index (χ4n) is 1.20. The van der Waals surface area contributed by atoms with E-state index in [9.17, 15) is 14.4 Å². The fraction of sp³-hybridized carbons (Fsp3) is 0.182. The van der Waals surface area contributed by atoms with E-state index in [-0.39, 0.29) is 11.3 Å². The highest BCUT2D eigenvalue weighted by Crippen LogP contribution is 2.17. The van der Waals surface area contributed by atoms with Crippen LogP contribution in [-0.4, -0.2) is 29.1 Å². The maximum absolute atomic E-state index is 11.6. The minimum absolute atomic E-state index is 0.0304. The predicted octanol–water partition coefficient (Wildman–Crippen LogP) is -0.576. The smallest absolute Gasteiger partial charge is 0.349 e. The van der Waals surface area contributed by atoms with Gasteiger partial charge in [-0.2, -0.15) is 5.90 Å². The Kier molecular flexibility index (Phi) is 4.98. The van der Waals surface area contributed by atoms with Crippen molar-refractivity contribution in [1.82, 2.24) is 0 Å². The Morgan fingerprint density at radius 3 is 2.47 bits per heavy atom. The lowest BCUT2D eigenvalue weighted by atomic mass is 10.2. The first kappa shape index (κ1) is 14.6. The van der Waals surface area contributed by atoms with Gasteiger partial charge in [0.15, 0.2) is 5.75 Å². The Bertz CT molecular complexity index is 502. The summed E-state index contributed by atoms with van der Waals surface area (Å²) in [5.74, 6) is 1.57. The van der Waals surface area contributed by atoms with Gasteiger partial charge in [-0.3, -0.25) is 9.59 Å². The van der Waals surface area contributed by atoms with Crippen LogP contribution in [-0.2, 0) is 14.3 Å². The number of nitrogens with two attached hydrogens (primary N) is 2. The molecule has 0 unspecified atom stereocenters. The molecule has 0 aliphatic heterocycles. The van der Waals surface area contributed by atoms with Gasteiger partial charge in [0.05, 0.1) is 6.42 Å². The second-order valence-corrected chi connectivity index (χ2v) is 3.52. The molecule has 0 radical (unpaired) electrons. The number of benzene rings is 1. The first-order chi connectivity index (χ1) is 8.95. The Balaban J connectivity index is 2.69. The first-order valence-electron chi connectivity index (χ1n) is 5.15. The van der Waals surface area contributed by atoms with E-state index in [1.807, 2.05) is 0 Å². The molecular weight excluding hydrogens is 256 g/mol.